The van der Waals surface area contributed by atoms with Gasteiger partial charge in [-0.05, 0) is 91.3 Å². The smallest absolute Gasteiger partial charge is 0.329 e. The molecule has 1 saturated heterocycles. The number of benzene rings is 2. The molecular weight excluding hydrogens is 993 g/mol. The van der Waals surface area contributed by atoms with Gasteiger partial charge in [0.2, 0.25) is 0 Å². The average Bonchev–Trinajstić information content (AvgIpc) is 3.82. The summed E-state index contributed by atoms with van der Waals surface area (Å²) in [5.74, 6) is -6.50. The maximum atomic E-state index is 15.0. The number of rotatable bonds is 15. The van der Waals surface area contributed by atoms with Gasteiger partial charge in [-0.25, -0.2) is 19.2 Å². The van der Waals surface area contributed by atoms with E-state index in [2.05, 4.69) is 0 Å². The highest BCUT2D eigenvalue weighted by Crippen LogP contribution is 2.28. The lowest BCUT2D eigenvalue weighted by Crippen LogP contribution is -2.55. The van der Waals surface area contributed by atoms with E-state index in [1.807, 2.05) is 91.1 Å². The summed E-state index contributed by atoms with van der Waals surface area (Å²) in [6, 6.07) is 13.2. The van der Waals surface area contributed by atoms with E-state index in [0.717, 1.165) is 30.9 Å². The van der Waals surface area contributed by atoms with E-state index in [1.54, 1.807) is 48.8 Å². The Kier molecular flexibility index (Phi) is 23.5. The maximum absolute atomic E-state index is 15.0. The van der Waals surface area contributed by atoms with E-state index < -0.39 is 96.1 Å². The highest BCUT2D eigenvalue weighted by Gasteiger charge is 2.43. The fourth-order valence-electron chi connectivity index (χ4n) is 9.14. The van der Waals surface area contributed by atoms with Gasteiger partial charge in [0, 0.05) is 47.5 Å². The zero-order valence-corrected chi connectivity index (χ0v) is 48.0. The fourth-order valence-corrected chi connectivity index (χ4v) is 10.0. The highest BCUT2D eigenvalue weighted by atomic mass is 32.1. The molecule has 0 spiro atoms. The van der Waals surface area contributed by atoms with Crippen molar-refractivity contribution < 1.29 is 62.0 Å². The lowest BCUT2D eigenvalue weighted by atomic mass is 9.99. The van der Waals surface area contributed by atoms with Gasteiger partial charge in [0.1, 0.15) is 29.9 Å². The molecule has 2 aromatic carbocycles. The molecule has 8 atom stereocenters. The van der Waals surface area contributed by atoms with Gasteiger partial charge < -0.3 is 43.3 Å². The van der Waals surface area contributed by atoms with Gasteiger partial charge >= 0.3 is 23.9 Å². The van der Waals surface area contributed by atoms with Gasteiger partial charge in [-0.3, -0.25) is 19.2 Å². The van der Waals surface area contributed by atoms with Crippen LogP contribution in [-0.4, -0.2) is 151 Å². The normalized spacial score (nSPS) is 23.8. The van der Waals surface area contributed by atoms with Gasteiger partial charge in [0.25, 0.3) is 23.6 Å². The van der Waals surface area contributed by atoms with Gasteiger partial charge in [0.15, 0.2) is 24.4 Å². The molecule has 2 heterocycles. The predicted molar refractivity (Wildman–Crippen MR) is 289 cm³/mol. The Morgan fingerprint density at radius 3 is 1.14 bits per heavy atom. The van der Waals surface area contributed by atoms with Crippen LogP contribution in [0.1, 0.15) is 116 Å². The topological polar surface area (TPSA) is 196 Å². The van der Waals surface area contributed by atoms with E-state index in [9.17, 15) is 38.4 Å². The molecule has 0 unspecified atom stereocenters. The molecule has 0 aliphatic carbocycles. The van der Waals surface area contributed by atoms with Crippen LogP contribution in [0.5, 0.6) is 5.75 Å². The van der Waals surface area contributed by atoms with Crippen molar-refractivity contribution in [1.82, 2.24) is 19.6 Å². The first-order chi connectivity index (χ1) is 35.7. The Bertz CT molecular complexity index is 2420. The molecule has 1 fully saturated rings. The Morgan fingerprint density at radius 2 is 0.789 bits per heavy atom. The van der Waals surface area contributed by atoms with Crippen LogP contribution in [0.25, 0.3) is 0 Å². The number of thiophene rings is 1. The third-order valence-electron chi connectivity index (χ3n) is 13.5. The first kappa shape index (κ1) is 62.2. The molecule has 418 valence electrons. The zero-order valence-electron chi connectivity index (χ0n) is 47.2. The number of nitrogens with zero attached hydrogens (tertiary/aromatic N) is 4. The summed E-state index contributed by atoms with van der Waals surface area (Å²) in [5.41, 5.74) is 2.24. The first-order valence-corrected chi connectivity index (χ1v) is 27.2. The van der Waals surface area contributed by atoms with Gasteiger partial charge in [0.05, 0.1) is 12.0 Å². The number of hydrogen-bond donors (Lipinski definition) is 0. The average molecular weight is 1080 g/mol. The minimum Gasteiger partial charge on any atom is -0.496 e. The lowest BCUT2D eigenvalue weighted by Gasteiger charge is -2.35. The van der Waals surface area contributed by atoms with Gasteiger partial charge in [-0.2, -0.15) is 0 Å². The molecule has 0 N–H and O–H groups in total. The van der Waals surface area contributed by atoms with Crippen LogP contribution in [0.2, 0.25) is 0 Å². The van der Waals surface area contributed by atoms with E-state index in [0.29, 0.717) is 17.5 Å². The van der Waals surface area contributed by atoms with E-state index in [-0.39, 0.29) is 62.2 Å². The number of likely N-dealkylation sites (N-methyl/N-ethyl adjacent to an activating group) is 4. The molecule has 4 amide bonds. The molecule has 17 nitrogen and oxygen atoms in total. The SMILES string of the molecule is COc1ccsc1Cc1ccc(C[C@H]2OC(=O)[C@H](CC(C)C)N(C)C(=O)[C@@H](C)OC(=O)[C@H](CC(C)C)N(C)C(=O)[C@@H](Cc3ccccc3)OC(=O)[C@H](CC(C)C)N(C)C(=O)[C@@H](C)OC(=O)[C@H](CC(C)C)N(C)C2=O)cc1. The predicted octanol–water partition coefficient (Wildman–Crippen LogP) is 7.33. The van der Waals surface area contributed by atoms with Crippen molar-refractivity contribution in [1.29, 1.82) is 0 Å². The van der Waals surface area contributed by atoms with Crippen molar-refractivity contribution in [2.75, 3.05) is 35.3 Å². The van der Waals surface area contributed by atoms with Crippen LogP contribution < -0.4 is 4.74 Å². The van der Waals surface area contributed by atoms with E-state index in [1.165, 1.54) is 46.9 Å². The molecule has 0 bridgehead atoms. The standard InChI is InChI=1S/C58H82N4O13S/c1-34(2)27-43-55(67)72-39(10)52(64)60(12)46(30-37(7)8)58(70)75-49(32-41-21-23-42(24-22-41)33-50-47(71-15)25-26-76-50)54(66)62(14)44(28-35(3)4)56(68)73-38(9)51(63)59(11)45(29-36(5)6)57(69)74-48(53(65)61(43)13)31-40-19-17-16-18-20-40/h16-26,34-39,43-46,48-49H,27-33H2,1-15H3/t38-,39-,43+,44+,45+,46+,48-,49-/m1/s1. The lowest BCUT2D eigenvalue weighted by molar-refractivity contribution is -0.176. The summed E-state index contributed by atoms with van der Waals surface area (Å²) in [6.07, 6.45) is -5.17. The maximum Gasteiger partial charge on any atom is 0.329 e. The van der Waals surface area contributed by atoms with Crippen molar-refractivity contribution in [3.8, 4) is 5.75 Å². The van der Waals surface area contributed by atoms with Crippen LogP contribution in [0, 0.1) is 23.7 Å². The van der Waals surface area contributed by atoms with Crippen molar-refractivity contribution in [2.24, 2.45) is 23.7 Å². The van der Waals surface area contributed by atoms with E-state index >= 15 is 0 Å². The fraction of sp³-hybridized carbons (Fsp3) is 0.586. The summed E-state index contributed by atoms with van der Waals surface area (Å²) < 4.78 is 29.5. The second-order valence-electron chi connectivity index (χ2n) is 21.7. The molecule has 3 aromatic rings. The Hall–Kier alpha value is -6.30. The largest absolute Gasteiger partial charge is 0.496 e. The Morgan fingerprint density at radius 1 is 0.461 bits per heavy atom. The number of carbonyl (C=O) groups is 8. The molecule has 0 radical (unpaired) electrons. The summed E-state index contributed by atoms with van der Waals surface area (Å²) in [4.78, 5) is 122. The summed E-state index contributed by atoms with van der Waals surface area (Å²) in [5, 5.41) is 1.95. The second kappa shape index (κ2) is 28.7. The number of amides is 4. The van der Waals surface area contributed by atoms with Crippen LogP contribution in [-0.2, 0) is 76.6 Å². The summed E-state index contributed by atoms with van der Waals surface area (Å²) >= 11 is 1.56. The minimum atomic E-state index is -1.52. The Balaban J connectivity index is 1.86. The Labute approximate surface area is 453 Å². The molecule has 0 saturated carbocycles. The quantitative estimate of drug-likeness (QED) is 0.109. The molecule has 76 heavy (non-hydrogen) atoms. The van der Waals surface area contributed by atoms with Gasteiger partial charge in [-0.1, -0.05) is 110 Å². The number of carbonyl (C=O) groups excluding carboxylic acids is 8. The first-order valence-electron chi connectivity index (χ1n) is 26.3. The van der Waals surface area contributed by atoms with Crippen molar-refractivity contribution in [2.45, 2.75) is 163 Å². The summed E-state index contributed by atoms with van der Waals surface area (Å²) in [6.45, 7) is 17.6. The molecule has 1 aliphatic rings. The number of hydrogen-bond acceptors (Lipinski definition) is 14. The molecule has 1 aliphatic heterocycles. The minimum absolute atomic E-state index is 0.0884. The monoisotopic (exact) mass is 1070 g/mol. The molecular formula is C58H82N4O13S. The summed E-state index contributed by atoms with van der Waals surface area (Å²) in [7, 11) is 7.19. The highest BCUT2D eigenvalue weighted by molar-refractivity contribution is 7.10. The van der Waals surface area contributed by atoms with Crippen LogP contribution in [0.15, 0.2) is 66.0 Å². The molecule has 4 rings (SSSR count). The van der Waals surface area contributed by atoms with Crippen molar-refractivity contribution in [3.63, 3.8) is 0 Å². The molecule has 1 aromatic heterocycles. The third-order valence-corrected chi connectivity index (χ3v) is 14.4. The number of esters is 4. The third kappa shape index (κ3) is 17.4. The zero-order chi connectivity index (χ0) is 56.7. The van der Waals surface area contributed by atoms with Gasteiger partial charge in [-0.15, -0.1) is 11.3 Å². The molecule has 18 heteroatoms. The van der Waals surface area contributed by atoms with Crippen molar-refractivity contribution >= 4 is 58.8 Å². The van der Waals surface area contributed by atoms with Crippen LogP contribution >= 0.6 is 11.3 Å². The van der Waals surface area contributed by atoms with Crippen LogP contribution in [0.4, 0.5) is 0 Å². The second-order valence-corrected chi connectivity index (χ2v) is 22.7. The van der Waals surface area contributed by atoms with Crippen molar-refractivity contribution in [3.05, 3.63) is 87.6 Å². The number of ether oxygens (including phenoxy) is 5. The number of cyclic esters (lactones) is 4. The van der Waals surface area contributed by atoms with Crippen LogP contribution in [0.3, 0.4) is 0 Å². The number of methoxy groups -OCH3 is 1. The van der Waals surface area contributed by atoms with E-state index in [4.69, 9.17) is 23.7 Å².